The molecule has 2 heterocycles. The largest absolute Gasteiger partial charge is 0.348 e. The Balaban J connectivity index is 1.60. The van der Waals surface area contributed by atoms with Crippen LogP contribution in [-0.2, 0) is 11.3 Å². The number of aromatic nitrogens is 3. The second-order valence-corrected chi connectivity index (χ2v) is 8.59. The molecule has 1 fully saturated rings. The molecule has 1 unspecified atom stereocenters. The first-order chi connectivity index (χ1) is 12.7. The maximum atomic E-state index is 12.3. The number of amides is 1. The van der Waals surface area contributed by atoms with E-state index in [1.54, 1.807) is 11.3 Å². The third-order valence-corrected chi connectivity index (χ3v) is 6.73. The van der Waals surface area contributed by atoms with Gasteiger partial charge in [0.25, 0.3) is 0 Å². The molecule has 0 spiro atoms. The van der Waals surface area contributed by atoms with E-state index in [0.717, 1.165) is 15.9 Å². The fourth-order valence-electron chi connectivity index (χ4n) is 3.39. The Labute approximate surface area is 163 Å². The first-order valence-electron chi connectivity index (χ1n) is 9.18. The van der Waals surface area contributed by atoms with Gasteiger partial charge in [-0.1, -0.05) is 43.2 Å². The number of carbonyl (C=O) groups excluding carboxylic acids is 1. The lowest BCUT2D eigenvalue weighted by Crippen LogP contribution is -2.27. The topological polar surface area (TPSA) is 59.8 Å². The van der Waals surface area contributed by atoms with Crippen molar-refractivity contribution in [2.24, 2.45) is 0 Å². The Morgan fingerprint density at radius 3 is 2.96 bits per heavy atom. The van der Waals surface area contributed by atoms with Crippen molar-refractivity contribution in [3.05, 3.63) is 40.9 Å². The van der Waals surface area contributed by atoms with E-state index < -0.39 is 0 Å². The lowest BCUT2D eigenvalue weighted by atomic mass is 9.89. The fraction of sp³-hybridized carbons (Fsp3) is 0.526. The average Bonchev–Trinajstić information content (AvgIpc) is 3.31. The lowest BCUT2D eigenvalue weighted by Gasteiger charge is -2.21. The van der Waals surface area contributed by atoms with E-state index in [1.807, 2.05) is 30.5 Å². The summed E-state index contributed by atoms with van der Waals surface area (Å²) in [5.74, 6) is 1.90. The number of nitrogens with one attached hydrogen (secondary N) is 1. The lowest BCUT2D eigenvalue weighted by molar-refractivity contribution is -0.119. The van der Waals surface area contributed by atoms with Crippen molar-refractivity contribution in [1.29, 1.82) is 0 Å². The third-order valence-electron chi connectivity index (χ3n) is 4.71. The minimum Gasteiger partial charge on any atom is -0.348 e. The van der Waals surface area contributed by atoms with E-state index in [1.165, 1.54) is 43.9 Å². The molecule has 1 aliphatic rings. The number of thiophene rings is 1. The van der Waals surface area contributed by atoms with Crippen LogP contribution in [0.25, 0.3) is 0 Å². The van der Waals surface area contributed by atoms with Crippen LogP contribution in [0.15, 0.2) is 35.3 Å². The standard InChI is InChI=1S/C19H26N4OS2/c1-3-11-23-18(15-8-5-4-6-9-15)21-22-19(23)26-13-17(24)20-14(2)16-10-7-12-25-16/h3,7,10,12,14-15H,1,4-6,8-9,11,13H2,2H3,(H,20,24). The Kier molecular flexibility index (Phi) is 6.91. The Morgan fingerprint density at radius 2 is 2.27 bits per heavy atom. The van der Waals surface area contributed by atoms with Gasteiger partial charge in [0.1, 0.15) is 5.82 Å². The number of hydrogen-bond acceptors (Lipinski definition) is 5. The van der Waals surface area contributed by atoms with E-state index in [2.05, 4.69) is 26.7 Å². The molecule has 3 rings (SSSR count). The Morgan fingerprint density at radius 1 is 1.46 bits per heavy atom. The maximum absolute atomic E-state index is 12.3. The van der Waals surface area contributed by atoms with Gasteiger partial charge in [-0.25, -0.2) is 0 Å². The molecule has 1 aliphatic carbocycles. The molecule has 7 heteroatoms. The van der Waals surface area contributed by atoms with Gasteiger partial charge in [0, 0.05) is 17.3 Å². The summed E-state index contributed by atoms with van der Waals surface area (Å²) in [6.07, 6.45) is 8.07. The smallest absolute Gasteiger partial charge is 0.230 e. The summed E-state index contributed by atoms with van der Waals surface area (Å²) >= 11 is 3.11. The van der Waals surface area contributed by atoms with Crippen molar-refractivity contribution >= 4 is 29.0 Å². The van der Waals surface area contributed by atoms with Gasteiger partial charge < -0.3 is 9.88 Å². The third kappa shape index (κ3) is 4.76. The number of hydrogen-bond donors (Lipinski definition) is 1. The van der Waals surface area contributed by atoms with Crippen LogP contribution in [0.5, 0.6) is 0 Å². The van der Waals surface area contributed by atoms with Gasteiger partial charge in [0.2, 0.25) is 5.91 Å². The summed E-state index contributed by atoms with van der Waals surface area (Å²) in [6.45, 7) is 6.56. The first-order valence-corrected chi connectivity index (χ1v) is 11.0. The zero-order chi connectivity index (χ0) is 18.4. The van der Waals surface area contributed by atoms with Crippen molar-refractivity contribution in [2.75, 3.05) is 5.75 Å². The number of rotatable bonds is 8. The molecule has 1 saturated carbocycles. The molecular formula is C19H26N4OS2. The van der Waals surface area contributed by atoms with Crippen LogP contribution in [0.3, 0.4) is 0 Å². The highest BCUT2D eigenvalue weighted by molar-refractivity contribution is 7.99. The van der Waals surface area contributed by atoms with Crippen molar-refractivity contribution in [3.8, 4) is 0 Å². The summed E-state index contributed by atoms with van der Waals surface area (Å²) < 4.78 is 2.13. The highest BCUT2D eigenvalue weighted by Gasteiger charge is 2.23. The zero-order valence-corrected chi connectivity index (χ0v) is 16.8. The SMILES string of the molecule is C=CCn1c(SCC(=O)NC(C)c2cccs2)nnc1C1CCCCC1. The van der Waals surface area contributed by atoms with Crippen LogP contribution in [-0.4, -0.2) is 26.4 Å². The molecule has 0 bridgehead atoms. The molecule has 1 N–H and O–H groups in total. The number of carbonyl (C=O) groups is 1. The second kappa shape index (κ2) is 9.37. The van der Waals surface area contributed by atoms with Crippen molar-refractivity contribution in [2.45, 2.75) is 62.7 Å². The average molecular weight is 391 g/mol. The summed E-state index contributed by atoms with van der Waals surface area (Å²) in [6, 6.07) is 4.08. The summed E-state index contributed by atoms with van der Waals surface area (Å²) in [4.78, 5) is 13.5. The molecular weight excluding hydrogens is 364 g/mol. The predicted octanol–water partition coefficient (Wildman–Crippen LogP) is 4.54. The fourth-order valence-corrected chi connectivity index (χ4v) is 4.89. The molecule has 26 heavy (non-hydrogen) atoms. The molecule has 1 atom stereocenters. The normalized spacial score (nSPS) is 16.3. The molecule has 5 nitrogen and oxygen atoms in total. The number of nitrogens with zero attached hydrogens (tertiary/aromatic N) is 3. The van der Waals surface area contributed by atoms with Crippen molar-refractivity contribution in [1.82, 2.24) is 20.1 Å². The maximum Gasteiger partial charge on any atom is 0.230 e. The van der Waals surface area contributed by atoms with E-state index in [9.17, 15) is 4.79 Å². The van der Waals surface area contributed by atoms with Gasteiger partial charge in [-0.3, -0.25) is 4.79 Å². The summed E-state index contributed by atoms with van der Waals surface area (Å²) in [7, 11) is 0. The van der Waals surface area contributed by atoms with Crippen LogP contribution in [0, 0.1) is 0 Å². The van der Waals surface area contributed by atoms with E-state index in [-0.39, 0.29) is 11.9 Å². The molecule has 0 aromatic carbocycles. The van der Waals surface area contributed by atoms with Crippen LogP contribution in [0.4, 0.5) is 0 Å². The second-order valence-electron chi connectivity index (χ2n) is 6.67. The van der Waals surface area contributed by atoms with Gasteiger partial charge >= 0.3 is 0 Å². The van der Waals surface area contributed by atoms with Crippen molar-refractivity contribution in [3.63, 3.8) is 0 Å². The van der Waals surface area contributed by atoms with Crippen LogP contribution >= 0.6 is 23.1 Å². The molecule has 2 aromatic heterocycles. The minimum atomic E-state index is 0.0169. The summed E-state index contributed by atoms with van der Waals surface area (Å²) in [5, 5.41) is 14.7. The van der Waals surface area contributed by atoms with Crippen LogP contribution in [0.1, 0.15) is 61.7 Å². The number of thioether (sulfide) groups is 1. The van der Waals surface area contributed by atoms with Gasteiger partial charge in [0.15, 0.2) is 5.16 Å². The Bertz CT molecular complexity index is 720. The van der Waals surface area contributed by atoms with Gasteiger partial charge in [-0.2, -0.15) is 0 Å². The quantitative estimate of drug-likeness (QED) is 0.531. The minimum absolute atomic E-state index is 0.0169. The number of allylic oxidation sites excluding steroid dienone is 1. The molecule has 0 saturated heterocycles. The van der Waals surface area contributed by atoms with E-state index >= 15 is 0 Å². The van der Waals surface area contributed by atoms with Gasteiger partial charge in [0.05, 0.1) is 11.8 Å². The van der Waals surface area contributed by atoms with Crippen LogP contribution < -0.4 is 5.32 Å². The predicted molar refractivity (Wildman–Crippen MR) is 108 cm³/mol. The van der Waals surface area contributed by atoms with E-state index in [4.69, 9.17) is 0 Å². The highest BCUT2D eigenvalue weighted by Crippen LogP contribution is 2.33. The monoisotopic (exact) mass is 390 g/mol. The summed E-state index contributed by atoms with van der Waals surface area (Å²) in [5.41, 5.74) is 0. The highest BCUT2D eigenvalue weighted by atomic mass is 32.2. The molecule has 1 amide bonds. The van der Waals surface area contributed by atoms with Crippen LogP contribution in [0.2, 0.25) is 0 Å². The molecule has 0 aliphatic heterocycles. The first kappa shape index (κ1) is 19.2. The zero-order valence-electron chi connectivity index (χ0n) is 15.2. The van der Waals surface area contributed by atoms with Crippen molar-refractivity contribution < 1.29 is 4.79 Å². The molecule has 2 aromatic rings. The Hall–Kier alpha value is -1.60. The van der Waals surface area contributed by atoms with Gasteiger partial charge in [-0.05, 0) is 31.2 Å². The van der Waals surface area contributed by atoms with Gasteiger partial charge in [-0.15, -0.1) is 28.1 Å². The van der Waals surface area contributed by atoms with E-state index in [0.29, 0.717) is 18.2 Å². The molecule has 140 valence electrons. The molecule has 0 radical (unpaired) electrons.